The Labute approximate surface area is 135 Å². The fourth-order valence-corrected chi connectivity index (χ4v) is 1.98. The normalized spacial score (nSPS) is 13.5. The van der Waals surface area contributed by atoms with Gasteiger partial charge in [-0.2, -0.15) is 0 Å². The molecule has 0 spiro atoms. The fourth-order valence-electron chi connectivity index (χ4n) is 1.98. The van der Waals surface area contributed by atoms with Gasteiger partial charge in [0.15, 0.2) is 0 Å². The second-order valence-corrected chi connectivity index (χ2v) is 5.72. The van der Waals surface area contributed by atoms with E-state index in [2.05, 4.69) is 5.32 Å². The van der Waals surface area contributed by atoms with Crippen LogP contribution in [-0.2, 0) is 0 Å². The van der Waals surface area contributed by atoms with E-state index in [0.29, 0.717) is 11.0 Å². The monoisotopic (exact) mass is 324 g/mol. The number of fused-ring (bicyclic) bond motifs is 1. The van der Waals surface area contributed by atoms with Crippen molar-refractivity contribution in [1.29, 1.82) is 0 Å². The number of rotatable bonds is 4. The minimum Gasteiger partial charge on any atom is -0.422 e. The second kappa shape index (κ2) is 6.94. The van der Waals surface area contributed by atoms with Gasteiger partial charge < -0.3 is 15.5 Å². The molecule has 6 heteroatoms. The van der Waals surface area contributed by atoms with Crippen molar-refractivity contribution < 1.29 is 9.21 Å². The van der Waals surface area contributed by atoms with Gasteiger partial charge in [-0.15, -0.1) is 12.4 Å². The minimum absolute atomic E-state index is 0. The second-order valence-electron chi connectivity index (χ2n) is 5.72. The summed E-state index contributed by atoms with van der Waals surface area (Å²) in [4.78, 5) is 24.3. The van der Waals surface area contributed by atoms with E-state index in [4.69, 9.17) is 10.2 Å². The Hall–Kier alpha value is -1.85. The summed E-state index contributed by atoms with van der Waals surface area (Å²) in [5.41, 5.74) is 4.99. The molecule has 0 radical (unpaired) electrons. The van der Waals surface area contributed by atoms with Crippen LogP contribution >= 0.6 is 12.4 Å². The SMILES string of the molecule is CC(C)C(C)(CN)NC(=O)c1cc2ccccc2oc1=O.Cl. The lowest BCUT2D eigenvalue weighted by Crippen LogP contribution is -2.55. The Bertz CT molecular complexity index is 727. The van der Waals surface area contributed by atoms with Gasteiger partial charge >= 0.3 is 5.63 Å². The molecule has 0 bridgehead atoms. The molecule has 0 aliphatic carbocycles. The van der Waals surface area contributed by atoms with E-state index >= 15 is 0 Å². The Morgan fingerprint density at radius 2 is 2.00 bits per heavy atom. The predicted octanol–water partition coefficient (Wildman–Crippen LogP) is 2.32. The molecule has 0 aliphatic heterocycles. The summed E-state index contributed by atoms with van der Waals surface area (Å²) in [7, 11) is 0. The molecule has 2 rings (SSSR count). The zero-order chi connectivity index (χ0) is 15.6. The molecule has 0 saturated heterocycles. The molecule has 0 fully saturated rings. The maximum absolute atomic E-state index is 12.4. The minimum atomic E-state index is -0.644. The van der Waals surface area contributed by atoms with Gasteiger partial charge in [-0.05, 0) is 25.0 Å². The standard InChI is InChI=1S/C16H20N2O3.ClH/c1-10(2)16(3,9-17)18-14(19)12-8-11-6-4-5-7-13(11)21-15(12)20;/h4-8,10H,9,17H2,1-3H3,(H,18,19);1H. The van der Waals surface area contributed by atoms with E-state index < -0.39 is 17.1 Å². The molecule has 0 saturated carbocycles. The van der Waals surface area contributed by atoms with Crippen molar-refractivity contribution in [2.45, 2.75) is 26.3 Å². The van der Waals surface area contributed by atoms with Gasteiger partial charge in [-0.1, -0.05) is 32.0 Å². The summed E-state index contributed by atoms with van der Waals surface area (Å²) in [6.07, 6.45) is 0. The van der Waals surface area contributed by atoms with Gasteiger partial charge in [0.1, 0.15) is 11.1 Å². The van der Waals surface area contributed by atoms with Gasteiger partial charge in [-0.3, -0.25) is 4.79 Å². The van der Waals surface area contributed by atoms with Crippen LogP contribution in [0.25, 0.3) is 11.0 Å². The number of carbonyl (C=O) groups is 1. The van der Waals surface area contributed by atoms with Crippen molar-refractivity contribution in [3.05, 3.63) is 46.3 Å². The molecule has 22 heavy (non-hydrogen) atoms. The molecule has 1 heterocycles. The van der Waals surface area contributed by atoms with Crippen molar-refractivity contribution in [3.63, 3.8) is 0 Å². The van der Waals surface area contributed by atoms with E-state index in [-0.39, 0.29) is 30.4 Å². The van der Waals surface area contributed by atoms with Crippen molar-refractivity contribution >= 4 is 29.3 Å². The van der Waals surface area contributed by atoms with E-state index in [0.717, 1.165) is 0 Å². The highest BCUT2D eigenvalue weighted by Crippen LogP contribution is 2.17. The number of amides is 1. The van der Waals surface area contributed by atoms with Crippen LogP contribution in [0.4, 0.5) is 0 Å². The van der Waals surface area contributed by atoms with Crippen LogP contribution in [0.2, 0.25) is 0 Å². The highest BCUT2D eigenvalue weighted by atomic mass is 35.5. The lowest BCUT2D eigenvalue weighted by Gasteiger charge is -2.33. The third-order valence-corrected chi connectivity index (χ3v) is 3.98. The maximum Gasteiger partial charge on any atom is 0.349 e. The molecule has 1 aromatic carbocycles. The van der Waals surface area contributed by atoms with Gasteiger partial charge in [0.25, 0.3) is 5.91 Å². The van der Waals surface area contributed by atoms with E-state index in [1.54, 1.807) is 24.3 Å². The zero-order valence-corrected chi connectivity index (χ0v) is 13.7. The van der Waals surface area contributed by atoms with Crippen LogP contribution in [-0.4, -0.2) is 18.0 Å². The third kappa shape index (κ3) is 3.48. The smallest absolute Gasteiger partial charge is 0.349 e. The molecule has 1 aromatic heterocycles. The molecule has 0 aliphatic rings. The first kappa shape index (κ1) is 18.2. The molecule has 1 amide bonds. The molecule has 3 N–H and O–H groups in total. The Morgan fingerprint density at radius 3 is 2.59 bits per heavy atom. The average Bonchev–Trinajstić information content (AvgIpc) is 2.46. The Balaban J connectivity index is 0.00000242. The van der Waals surface area contributed by atoms with Crippen molar-refractivity contribution in [2.75, 3.05) is 6.54 Å². The molecular weight excluding hydrogens is 304 g/mol. The first-order valence-electron chi connectivity index (χ1n) is 6.93. The molecular formula is C16H21ClN2O3. The summed E-state index contributed by atoms with van der Waals surface area (Å²) < 4.78 is 5.17. The van der Waals surface area contributed by atoms with Crippen molar-refractivity contribution in [2.24, 2.45) is 11.7 Å². The molecule has 1 atom stereocenters. The third-order valence-electron chi connectivity index (χ3n) is 3.98. The topological polar surface area (TPSA) is 85.3 Å². The molecule has 120 valence electrons. The lowest BCUT2D eigenvalue weighted by molar-refractivity contribution is 0.0879. The summed E-state index contributed by atoms with van der Waals surface area (Å²) in [5, 5.41) is 3.55. The summed E-state index contributed by atoms with van der Waals surface area (Å²) in [6.45, 7) is 6.08. The number of nitrogens with two attached hydrogens (primary N) is 1. The molecule has 5 nitrogen and oxygen atoms in total. The number of hydrogen-bond acceptors (Lipinski definition) is 4. The fraction of sp³-hybridized carbons (Fsp3) is 0.375. The summed E-state index contributed by atoms with van der Waals surface area (Å²) >= 11 is 0. The Morgan fingerprint density at radius 1 is 1.36 bits per heavy atom. The largest absolute Gasteiger partial charge is 0.422 e. The van der Waals surface area contributed by atoms with Crippen LogP contribution < -0.4 is 16.7 Å². The van der Waals surface area contributed by atoms with Crippen molar-refractivity contribution in [3.8, 4) is 0 Å². The number of benzene rings is 1. The maximum atomic E-state index is 12.4. The van der Waals surface area contributed by atoms with E-state index in [1.807, 2.05) is 26.8 Å². The number of para-hydroxylation sites is 1. The zero-order valence-electron chi connectivity index (χ0n) is 12.9. The highest BCUT2D eigenvalue weighted by Gasteiger charge is 2.30. The number of hydrogen-bond donors (Lipinski definition) is 2. The number of nitrogens with one attached hydrogen (secondary N) is 1. The van der Waals surface area contributed by atoms with E-state index in [9.17, 15) is 9.59 Å². The Kier molecular flexibility index (Phi) is 5.74. The van der Waals surface area contributed by atoms with Gasteiger partial charge in [0, 0.05) is 11.9 Å². The van der Waals surface area contributed by atoms with Crippen LogP contribution in [0.15, 0.2) is 39.5 Å². The van der Waals surface area contributed by atoms with Gasteiger partial charge in [0.2, 0.25) is 0 Å². The highest BCUT2D eigenvalue weighted by molar-refractivity contribution is 5.97. The average molecular weight is 325 g/mol. The van der Waals surface area contributed by atoms with Gasteiger partial charge in [0.05, 0.1) is 5.54 Å². The lowest BCUT2D eigenvalue weighted by atomic mass is 9.88. The van der Waals surface area contributed by atoms with Crippen LogP contribution in [0.1, 0.15) is 31.1 Å². The van der Waals surface area contributed by atoms with E-state index in [1.165, 1.54) is 0 Å². The quantitative estimate of drug-likeness (QED) is 0.845. The predicted molar refractivity (Wildman–Crippen MR) is 89.5 cm³/mol. The van der Waals surface area contributed by atoms with Crippen LogP contribution in [0, 0.1) is 5.92 Å². The van der Waals surface area contributed by atoms with Gasteiger partial charge in [-0.25, -0.2) is 4.79 Å². The molecule has 1 unspecified atom stereocenters. The first-order chi connectivity index (χ1) is 9.87. The van der Waals surface area contributed by atoms with Crippen molar-refractivity contribution in [1.82, 2.24) is 5.32 Å². The van der Waals surface area contributed by atoms with Crippen LogP contribution in [0.3, 0.4) is 0 Å². The summed E-state index contributed by atoms with van der Waals surface area (Å²) in [6, 6.07) is 8.63. The van der Waals surface area contributed by atoms with Crippen LogP contribution in [0.5, 0.6) is 0 Å². The first-order valence-corrected chi connectivity index (χ1v) is 6.93. The molecule has 2 aromatic rings. The number of carbonyl (C=O) groups excluding carboxylic acids is 1. The summed E-state index contributed by atoms with van der Waals surface area (Å²) in [5.74, 6) is -0.324. The number of halogens is 1.